The Morgan fingerprint density at radius 3 is 2.95 bits per heavy atom. The second-order valence-electron chi connectivity index (χ2n) is 3.82. The number of nitro groups is 1. The summed E-state index contributed by atoms with van der Waals surface area (Å²) in [4.78, 5) is 26.1. The molecule has 1 heterocycles. The highest BCUT2D eigenvalue weighted by molar-refractivity contribution is 5.96. The summed E-state index contributed by atoms with van der Waals surface area (Å²) in [7, 11) is 0. The standard InChI is InChI=1S/C11H11N5O3/c1-7-8(3-2-4-9(7)16(18)19)11(17)12-5-10-13-6-14-15-10/h2-4,6H,5H2,1H3,(H,12,17)(H,13,14,15). The molecular formula is C11H11N5O3. The summed E-state index contributed by atoms with van der Waals surface area (Å²) in [5, 5.41) is 19.7. The molecule has 98 valence electrons. The van der Waals surface area contributed by atoms with Crippen LogP contribution in [0.3, 0.4) is 0 Å². The SMILES string of the molecule is Cc1c(C(=O)NCc2ncn[nH]2)cccc1[N+](=O)[O-]. The fourth-order valence-electron chi connectivity index (χ4n) is 1.64. The molecule has 0 saturated carbocycles. The Morgan fingerprint density at radius 2 is 2.32 bits per heavy atom. The molecule has 1 aromatic carbocycles. The van der Waals surface area contributed by atoms with E-state index >= 15 is 0 Å². The zero-order chi connectivity index (χ0) is 13.8. The fraction of sp³-hybridized carbons (Fsp3) is 0.182. The Kier molecular flexibility index (Phi) is 3.51. The molecule has 8 heteroatoms. The maximum atomic E-state index is 11.9. The Balaban J connectivity index is 2.15. The van der Waals surface area contributed by atoms with E-state index in [1.807, 2.05) is 0 Å². The van der Waals surface area contributed by atoms with E-state index in [9.17, 15) is 14.9 Å². The van der Waals surface area contributed by atoms with Gasteiger partial charge in [0.1, 0.15) is 12.2 Å². The van der Waals surface area contributed by atoms with Crippen LogP contribution in [-0.4, -0.2) is 26.0 Å². The van der Waals surface area contributed by atoms with E-state index in [1.54, 1.807) is 6.92 Å². The third-order valence-electron chi connectivity index (χ3n) is 2.63. The Bertz CT molecular complexity index is 609. The van der Waals surface area contributed by atoms with E-state index in [4.69, 9.17) is 0 Å². The number of nitrogens with zero attached hydrogens (tertiary/aromatic N) is 3. The number of nitro benzene ring substituents is 1. The monoisotopic (exact) mass is 261 g/mol. The Morgan fingerprint density at radius 1 is 1.53 bits per heavy atom. The number of carbonyl (C=O) groups excluding carboxylic acids is 1. The molecule has 0 radical (unpaired) electrons. The molecule has 0 spiro atoms. The van der Waals surface area contributed by atoms with Gasteiger partial charge in [-0.25, -0.2) is 4.98 Å². The molecule has 2 N–H and O–H groups in total. The molecule has 19 heavy (non-hydrogen) atoms. The molecule has 0 fully saturated rings. The van der Waals surface area contributed by atoms with Crippen molar-refractivity contribution >= 4 is 11.6 Å². The predicted molar refractivity (Wildman–Crippen MR) is 65.4 cm³/mol. The molecule has 0 unspecified atom stereocenters. The molecular weight excluding hydrogens is 250 g/mol. The summed E-state index contributed by atoms with van der Waals surface area (Å²) in [5.74, 6) is 0.119. The average Bonchev–Trinajstić information content (AvgIpc) is 2.89. The van der Waals surface area contributed by atoms with Crippen molar-refractivity contribution in [2.75, 3.05) is 0 Å². The second kappa shape index (κ2) is 5.25. The van der Waals surface area contributed by atoms with Crippen LogP contribution in [0.15, 0.2) is 24.5 Å². The molecule has 8 nitrogen and oxygen atoms in total. The number of amides is 1. The first-order valence-electron chi connectivity index (χ1n) is 5.46. The predicted octanol–water partition coefficient (Wildman–Crippen LogP) is 0.951. The summed E-state index contributed by atoms with van der Waals surface area (Å²) in [5.41, 5.74) is 0.531. The van der Waals surface area contributed by atoms with Gasteiger partial charge in [0.15, 0.2) is 0 Å². The van der Waals surface area contributed by atoms with E-state index in [0.717, 1.165) is 0 Å². The van der Waals surface area contributed by atoms with Gasteiger partial charge in [-0.1, -0.05) is 6.07 Å². The number of hydrogen-bond acceptors (Lipinski definition) is 5. The number of H-pyrrole nitrogens is 1. The van der Waals surface area contributed by atoms with Crippen molar-refractivity contribution in [3.63, 3.8) is 0 Å². The van der Waals surface area contributed by atoms with Gasteiger partial charge in [0.25, 0.3) is 11.6 Å². The highest BCUT2D eigenvalue weighted by atomic mass is 16.6. The summed E-state index contributed by atoms with van der Waals surface area (Å²) in [6.07, 6.45) is 1.33. The third kappa shape index (κ3) is 2.73. The van der Waals surface area contributed by atoms with Gasteiger partial charge in [-0.05, 0) is 13.0 Å². The van der Waals surface area contributed by atoms with Gasteiger partial charge in [-0.3, -0.25) is 20.0 Å². The molecule has 0 aliphatic carbocycles. The summed E-state index contributed by atoms with van der Waals surface area (Å²) >= 11 is 0. The smallest absolute Gasteiger partial charge is 0.273 e. The van der Waals surface area contributed by atoms with Crippen LogP contribution in [0.2, 0.25) is 0 Å². The van der Waals surface area contributed by atoms with Crippen molar-refractivity contribution in [2.45, 2.75) is 13.5 Å². The van der Waals surface area contributed by atoms with Gasteiger partial charge in [-0.15, -0.1) is 0 Å². The summed E-state index contributed by atoms with van der Waals surface area (Å²) in [6.45, 7) is 1.72. The largest absolute Gasteiger partial charge is 0.345 e. The van der Waals surface area contributed by atoms with Gasteiger partial charge >= 0.3 is 0 Å². The number of nitrogens with one attached hydrogen (secondary N) is 2. The first-order chi connectivity index (χ1) is 9.09. The zero-order valence-corrected chi connectivity index (χ0v) is 10.1. The Hall–Kier alpha value is -2.77. The van der Waals surface area contributed by atoms with Crippen LogP contribution in [0, 0.1) is 17.0 Å². The van der Waals surface area contributed by atoms with E-state index < -0.39 is 10.8 Å². The number of rotatable bonds is 4. The van der Waals surface area contributed by atoms with Crippen LogP contribution in [0.5, 0.6) is 0 Å². The van der Waals surface area contributed by atoms with Crippen molar-refractivity contribution in [2.24, 2.45) is 0 Å². The lowest BCUT2D eigenvalue weighted by molar-refractivity contribution is -0.385. The van der Waals surface area contributed by atoms with Crippen molar-refractivity contribution in [1.29, 1.82) is 0 Å². The van der Waals surface area contributed by atoms with Gasteiger partial charge in [-0.2, -0.15) is 5.10 Å². The minimum atomic E-state index is -0.511. The van der Waals surface area contributed by atoms with Gasteiger partial charge in [0.2, 0.25) is 0 Å². The molecule has 0 atom stereocenters. The van der Waals surface area contributed by atoms with Gasteiger partial charge in [0, 0.05) is 17.2 Å². The topological polar surface area (TPSA) is 114 Å². The van der Waals surface area contributed by atoms with Crippen molar-refractivity contribution in [3.8, 4) is 0 Å². The fourth-order valence-corrected chi connectivity index (χ4v) is 1.64. The first-order valence-corrected chi connectivity index (χ1v) is 5.46. The number of carbonyl (C=O) groups is 1. The van der Waals surface area contributed by atoms with Crippen LogP contribution >= 0.6 is 0 Å². The third-order valence-corrected chi connectivity index (χ3v) is 2.63. The summed E-state index contributed by atoms with van der Waals surface area (Å²) < 4.78 is 0. The minimum Gasteiger partial charge on any atom is -0.345 e. The highest BCUT2D eigenvalue weighted by Crippen LogP contribution is 2.20. The molecule has 0 saturated heterocycles. The first kappa shape index (κ1) is 12.7. The maximum Gasteiger partial charge on any atom is 0.273 e. The summed E-state index contributed by atoms with van der Waals surface area (Å²) in [6, 6.07) is 4.38. The van der Waals surface area contributed by atoms with Crippen molar-refractivity contribution in [3.05, 3.63) is 51.6 Å². The number of aromatic nitrogens is 3. The number of aromatic amines is 1. The van der Waals surface area contributed by atoms with Crippen LogP contribution in [0.4, 0.5) is 5.69 Å². The molecule has 0 aliphatic heterocycles. The normalized spacial score (nSPS) is 10.2. The van der Waals surface area contributed by atoms with Crippen LogP contribution in [-0.2, 0) is 6.54 Å². The zero-order valence-electron chi connectivity index (χ0n) is 10.1. The van der Waals surface area contributed by atoms with Crippen LogP contribution < -0.4 is 5.32 Å². The quantitative estimate of drug-likeness (QED) is 0.628. The number of hydrogen-bond donors (Lipinski definition) is 2. The van der Waals surface area contributed by atoms with E-state index in [0.29, 0.717) is 11.4 Å². The molecule has 2 rings (SSSR count). The van der Waals surface area contributed by atoms with E-state index in [2.05, 4.69) is 20.5 Å². The number of benzene rings is 1. The molecule has 1 aromatic heterocycles. The molecule has 0 bridgehead atoms. The molecule has 1 amide bonds. The average molecular weight is 261 g/mol. The molecule has 2 aromatic rings. The lowest BCUT2D eigenvalue weighted by Gasteiger charge is -2.06. The maximum absolute atomic E-state index is 11.9. The van der Waals surface area contributed by atoms with Crippen molar-refractivity contribution in [1.82, 2.24) is 20.5 Å². The van der Waals surface area contributed by atoms with Gasteiger partial charge < -0.3 is 5.32 Å². The lowest BCUT2D eigenvalue weighted by Crippen LogP contribution is -2.24. The lowest BCUT2D eigenvalue weighted by atomic mass is 10.1. The highest BCUT2D eigenvalue weighted by Gasteiger charge is 2.17. The Labute approximate surface area is 108 Å². The van der Waals surface area contributed by atoms with E-state index in [1.165, 1.54) is 24.5 Å². The van der Waals surface area contributed by atoms with Crippen molar-refractivity contribution < 1.29 is 9.72 Å². The molecule has 0 aliphatic rings. The van der Waals surface area contributed by atoms with E-state index in [-0.39, 0.29) is 17.8 Å². The second-order valence-corrected chi connectivity index (χ2v) is 3.82. The van der Waals surface area contributed by atoms with Crippen LogP contribution in [0.1, 0.15) is 21.7 Å². The minimum absolute atomic E-state index is 0.0766. The van der Waals surface area contributed by atoms with Crippen LogP contribution in [0.25, 0.3) is 0 Å². The van der Waals surface area contributed by atoms with Gasteiger partial charge in [0.05, 0.1) is 11.5 Å².